The molecule has 0 bridgehead atoms. The van der Waals surface area contributed by atoms with Crippen molar-refractivity contribution in [1.29, 1.82) is 0 Å². The lowest BCUT2D eigenvalue weighted by molar-refractivity contribution is 1.06. The van der Waals surface area contributed by atoms with Crippen molar-refractivity contribution in [3.63, 3.8) is 0 Å². The second-order valence-electron chi connectivity index (χ2n) is 6.99. The molecule has 2 aromatic heterocycles. The molecular weight excluding hydrogens is 372 g/mol. The van der Waals surface area contributed by atoms with Gasteiger partial charge in [0.25, 0.3) is 0 Å². The number of rotatable bonds is 2. The Labute approximate surface area is 171 Å². The normalized spacial score (nSPS) is 11.3. The minimum atomic E-state index is 0.662. The predicted octanol–water partition coefficient (Wildman–Crippen LogP) is 4.85. The van der Waals surface area contributed by atoms with Crippen LogP contribution in [-0.2, 0) is 0 Å². The van der Waals surface area contributed by atoms with Gasteiger partial charge in [-0.1, -0.05) is 48.5 Å². The van der Waals surface area contributed by atoms with E-state index in [2.05, 4.69) is 90.6 Å². The van der Waals surface area contributed by atoms with Crippen molar-refractivity contribution in [1.82, 2.24) is 29.9 Å². The topological polar surface area (TPSA) is 77.3 Å². The molecule has 0 radical (unpaired) electrons. The molecule has 0 aliphatic carbocycles. The molecule has 6 aromatic rings. The maximum atomic E-state index is 4.31. The summed E-state index contributed by atoms with van der Waals surface area (Å²) >= 11 is 0. The molecule has 30 heavy (non-hydrogen) atoms. The van der Waals surface area contributed by atoms with E-state index in [9.17, 15) is 0 Å². The summed E-state index contributed by atoms with van der Waals surface area (Å²) in [5.74, 6) is 1.32. The van der Waals surface area contributed by atoms with Crippen LogP contribution in [-0.4, -0.2) is 29.9 Å². The van der Waals surface area contributed by atoms with Gasteiger partial charge in [-0.15, -0.1) is 0 Å². The molecule has 0 unspecified atom stereocenters. The predicted molar refractivity (Wildman–Crippen MR) is 117 cm³/mol. The molecule has 0 fully saturated rings. The first kappa shape index (κ1) is 16.6. The Bertz CT molecular complexity index is 1460. The third-order valence-electron chi connectivity index (χ3n) is 5.34. The summed E-state index contributed by atoms with van der Waals surface area (Å²) in [5.41, 5.74) is 1.92. The molecule has 0 aliphatic rings. The Morgan fingerprint density at radius 1 is 0.400 bits per heavy atom. The molecule has 0 amide bonds. The van der Waals surface area contributed by atoms with Crippen LogP contribution < -0.4 is 0 Å². The van der Waals surface area contributed by atoms with E-state index in [1.165, 1.54) is 41.5 Å². The second-order valence-corrected chi connectivity index (χ2v) is 6.99. The van der Waals surface area contributed by atoms with Gasteiger partial charge in [0.1, 0.15) is 25.3 Å². The van der Waals surface area contributed by atoms with E-state index in [-0.39, 0.29) is 0 Å². The Morgan fingerprint density at radius 3 is 1.30 bits per heavy atom. The zero-order valence-electron chi connectivity index (χ0n) is 15.8. The van der Waals surface area contributed by atoms with Crippen molar-refractivity contribution in [2.24, 2.45) is 0 Å². The van der Waals surface area contributed by atoms with Crippen LogP contribution in [0.4, 0.5) is 0 Å². The fraction of sp³-hybridized carbons (Fsp3) is 0. The van der Waals surface area contributed by atoms with Gasteiger partial charge < -0.3 is 0 Å². The molecule has 0 spiro atoms. The highest BCUT2D eigenvalue weighted by Gasteiger charge is 2.12. The first-order valence-corrected chi connectivity index (χ1v) is 9.51. The Morgan fingerprint density at radius 2 is 0.800 bits per heavy atom. The van der Waals surface area contributed by atoms with Gasteiger partial charge in [0.2, 0.25) is 0 Å². The summed E-state index contributed by atoms with van der Waals surface area (Å²) in [5, 5.41) is 7.08. The van der Waals surface area contributed by atoms with Crippen molar-refractivity contribution in [2.45, 2.75) is 0 Å². The maximum Gasteiger partial charge on any atom is 0.162 e. The Hall–Kier alpha value is -4.32. The summed E-state index contributed by atoms with van der Waals surface area (Å²) in [6.07, 6.45) is 6.08. The molecule has 0 saturated heterocycles. The first-order chi connectivity index (χ1) is 14.9. The third kappa shape index (κ3) is 2.58. The molecule has 6 nitrogen and oxygen atoms in total. The van der Waals surface area contributed by atoms with E-state index >= 15 is 0 Å². The summed E-state index contributed by atoms with van der Waals surface area (Å²) in [6, 6.07) is 21.2. The molecule has 2 heterocycles. The van der Waals surface area contributed by atoms with E-state index in [0.717, 1.165) is 27.3 Å². The average molecular weight is 386 g/mol. The van der Waals surface area contributed by atoms with Crippen LogP contribution in [0.25, 0.3) is 55.1 Å². The van der Waals surface area contributed by atoms with Gasteiger partial charge in [-0.3, -0.25) is 0 Å². The first-order valence-electron chi connectivity index (χ1n) is 9.51. The van der Waals surface area contributed by atoms with Crippen LogP contribution in [0.2, 0.25) is 0 Å². The van der Waals surface area contributed by atoms with Gasteiger partial charge in [-0.05, 0) is 44.5 Å². The molecular formula is C24H14N6. The quantitative estimate of drug-likeness (QED) is 0.396. The smallest absolute Gasteiger partial charge is 0.162 e. The lowest BCUT2D eigenvalue weighted by Crippen LogP contribution is -1.91. The highest BCUT2D eigenvalue weighted by Crippen LogP contribution is 2.37. The minimum Gasteiger partial charge on any atom is -0.225 e. The average Bonchev–Trinajstić information content (AvgIpc) is 2.84. The summed E-state index contributed by atoms with van der Waals surface area (Å²) in [6.45, 7) is 0. The number of nitrogens with zero attached hydrogens (tertiary/aromatic N) is 6. The summed E-state index contributed by atoms with van der Waals surface area (Å²) < 4.78 is 0. The molecule has 0 aliphatic heterocycles. The van der Waals surface area contributed by atoms with Gasteiger partial charge in [0.05, 0.1) is 0 Å². The number of hydrogen-bond acceptors (Lipinski definition) is 6. The van der Waals surface area contributed by atoms with Crippen molar-refractivity contribution in [3.05, 3.63) is 86.0 Å². The van der Waals surface area contributed by atoms with Crippen molar-refractivity contribution in [3.8, 4) is 22.8 Å². The number of benzene rings is 4. The number of hydrogen-bond donors (Lipinski definition) is 0. The van der Waals surface area contributed by atoms with E-state index in [0.29, 0.717) is 11.6 Å². The van der Waals surface area contributed by atoms with Crippen molar-refractivity contribution >= 4 is 32.3 Å². The lowest BCUT2D eigenvalue weighted by Gasteiger charge is -2.12. The Balaban J connectivity index is 1.71. The summed E-state index contributed by atoms with van der Waals surface area (Å²) in [7, 11) is 0. The van der Waals surface area contributed by atoms with E-state index in [4.69, 9.17) is 0 Å². The zero-order chi connectivity index (χ0) is 19.9. The monoisotopic (exact) mass is 386 g/mol. The maximum absolute atomic E-state index is 4.31. The van der Waals surface area contributed by atoms with Gasteiger partial charge in [0.15, 0.2) is 11.6 Å². The van der Waals surface area contributed by atoms with E-state index < -0.39 is 0 Å². The molecule has 0 saturated carbocycles. The van der Waals surface area contributed by atoms with Crippen LogP contribution in [0.5, 0.6) is 0 Å². The number of aromatic nitrogens is 6. The largest absolute Gasteiger partial charge is 0.225 e. The van der Waals surface area contributed by atoms with E-state index in [1.807, 2.05) is 0 Å². The van der Waals surface area contributed by atoms with Crippen LogP contribution in [0.15, 0.2) is 86.0 Å². The standard InChI is InChI=1S/C24H14N6/c1-2-4-18-17(3-1)19-7-5-15(23-27-11-25-12-28-23)10-22(19)20-8-6-16(9-21(18)20)24-29-13-26-14-30-24/h1-14H. The molecule has 6 heteroatoms. The highest BCUT2D eigenvalue weighted by atomic mass is 15.0. The van der Waals surface area contributed by atoms with Gasteiger partial charge in [-0.25, -0.2) is 29.9 Å². The Kier molecular flexibility index (Phi) is 3.67. The lowest BCUT2D eigenvalue weighted by atomic mass is 9.92. The number of fused-ring (bicyclic) bond motifs is 6. The fourth-order valence-electron chi connectivity index (χ4n) is 4.01. The second kappa shape index (κ2) is 6.63. The highest BCUT2D eigenvalue weighted by molar-refractivity contribution is 6.26. The van der Waals surface area contributed by atoms with Crippen LogP contribution in [0, 0.1) is 0 Å². The molecule has 4 aromatic carbocycles. The van der Waals surface area contributed by atoms with E-state index in [1.54, 1.807) is 0 Å². The van der Waals surface area contributed by atoms with Crippen LogP contribution in [0.1, 0.15) is 0 Å². The van der Waals surface area contributed by atoms with Gasteiger partial charge >= 0.3 is 0 Å². The van der Waals surface area contributed by atoms with Crippen molar-refractivity contribution < 1.29 is 0 Å². The SMILES string of the molecule is c1ccc2c(c1)c1ccc(-c3ncncn3)cc1c1ccc(-c3ncncn3)cc21. The molecule has 0 atom stereocenters. The summed E-state index contributed by atoms with van der Waals surface area (Å²) in [4.78, 5) is 25.1. The van der Waals surface area contributed by atoms with Gasteiger partial charge in [-0.2, -0.15) is 0 Å². The van der Waals surface area contributed by atoms with Crippen LogP contribution in [0.3, 0.4) is 0 Å². The third-order valence-corrected chi connectivity index (χ3v) is 5.34. The molecule has 140 valence electrons. The molecule has 0 N–H and O–H groups in total. The van der Waals surface area contributed by atoms with Crippen LogP contribution >= 0.6 is 0 Å². The molecule has 6 rings (SSSR count). The zero-order valence-corrected chi connectivity index (χ0v) is 15.8. The fourth-order valence-corrected chi connectivity index (χ4v) is 4.01. The minimum absolute atomic E-state index is 0.662. The van der Waals surface area contributed by atoms with Crippen molar-refractivity contribution in [2.75, 3.05) is 0 Å². The van der Waals surface area contributed by atoms with Gasteiger partial charge in [0, 0.05) is 11.1 Å².